The molecule has 3 aromatic rings. The average molecular weight is 578 g/mol. The minimum absolute atomic E-state index is 0.0509. The molecule has 9 heteroatoms. The smallest absolute Gasteiger partial charge is 0.415 e. The van der Waals surface area contributed by atoms with Crippen LogP contribution in [-0.2, 0) is 4.79 Å². The Morgan fingerprint density at radius 3 is 2.05 bits per heavy atom. The summed E-state index contributed by atoms with van der Waals surface area (Å²) in [4.78, 5) is 41.3. The first-order chi connectivity index (χ1) is 19.4. The quantitative estimate of drug-likeness (QED) is 0.231. The molecule has 1 unspecified atom stereocenters. The predicted octanol–water partition coefficient (Wildman–Crippen LogP) is 6.37. The predicted molar refractivity (Wildman–Crippen MR) is 158 cm³/mol. The standard InChI is InChI=1S/C32H35NO7S/c1-19-15-22(16-20(2)29(19)40-32(3,4)30(35)36)26-17-33(31(37)39-24-11-9-23(38-5)10-12-24)18-27(26)28(34)21-7-13-25(41-6)14-8-21/h7-16,26-27H,17-18H2,1-6H3,(H,35,36)/t26-,27?/m1/s1. The molecule has 1 amide bonds. The van der Waals surface area contributed by atoms with E-state index < -0.39 is 23.6 Å². The van der Waals surface area contributed by atoms with Crippen LogP contribution in [0.2, 0.25) is 0 Å². The molecule has 3 aromatic carbocycles. The van der Waals surface area contributed by atoms with E-state index in [0.717, 1.165) is 21.6 Å². The number of carboxylic acids is 1. The van der Waals surface area contributed by atoms with Crippen LogP contribution in [0.25, 0.3) is 0 Å². The van der Waals surface area contributed by atoms with Crippen molar-refractivity contribution in [3.8, 4) is 17.2 Å². The van der Waals surface area contributed by atoms with Crippen LogP contribution in [0.15, 0.2) is 65.6 Å². The number of methoxy groups -OCH3 is 1. The maximum atomic E-state index is 13.8. The van der Waals surface area contributed by atoms with Gasteiger partial charge in [-0.05, 0) is 87.0 Å². The number of carbonyl (C=O) groups excluding carboxylic acids is 2. The number of thioether (sulfide) groups is 1. The van der Waals surface area contributed by atoms with Gasteiger partial charge in [-0.3, -0.25) is 4.79 Å². The number of aliphatic carboxylic acids is 1. The first-order valence-electron chi connectivity index (χ1n) is 13.3. The number of carbonyl (C=O) groups is 3. The lowest BCUT2D eigenvalue weighted by Crippen LogP contribution is -2.38. The molecule has 1 aliphatic heterocycles. The summed E-state index contributed by atoms with van der Waals surface area (Å²) in [6, 6.07) is 18.1. The van der Waals surface area contributed by atoms with E-state index in [0.29, 0.717) is 22.8 Å². The molecule has 1 fully saturated rings. The molecule has 0 radical (unpaired) electrons. The van der Waals surface area contributed by atoms with Crippen LogP contribution < -0.4 is 14.2 Å². The number of nitrogens with zero attached hydrogens (tertiary/aromatic N) is 1. The van der Waals surface area contributed by atoms with E-state index in [2.05, 4.69) is 0 Å². The van der Waals surface area contributed by atoms with Gasteiger partial charge < -0.3 is 24.2 Å². The summed E-state index contributed by atoms with van der Waals surface area (Å²) in [5.41, 5.74) is 1.56. The number of benzene rings is 3. The third kappa shape index (κ3) is 6.68. The molecule has 0 bridgehead atoms. The van der Waals surface area contributed by atoms with E-state index in [1.165, 1.54) is 13.8 Å². The van der Waals surface area contributed by atoms with Gasteiger partial charge in [0.15, 0.2) is 11.4 Å². The number of hydrogen-bond acceptors (Lipinski definition) is 7. The number of rotatable bonds is 9. The topological polar surface area (TPSA) is 102 Å². The fourth-order valence-electron chi connectivity index (χ4n) is 4.99. The van der Waals surface area contributed by atoms with Crippen LogP contribution in [-0.4, -0.2) is 59.9 Å². The Morgan fingerprint density at radius 2 is 1.51 bits per heavy atom. The molecular weight excluding hydrogens is 542 g/mol. The monoisotopic (exact) mass is 577 g/mol. The first-order valence-corrected chi connectivity index (χ1v) is 14.5. The van der Waals surface area contributed by atoms with Crippen LogP contribution in [0.1, 0.15) is 46.8 Å². The number of ketones is 1. The fraction of sp³-hybridized carbons (Fsp3) is 0.344. The molecule has 4 rings (SSSR count). The van der Waals surface area contributed by atoms with Gasteiger partial charge in [0.25, 0.3) is 0 Å². The van der Waals surface area contributed by atoms with Crippen molar-refractivity contribution < 1.29 is 33.7 Å². The number of likely N-dealkylation sites (tertiary alicyclic amines) is 1. The molecule has 41 heavy (non-hydrogen) atoms. The van der Waals surface area contributed by atoms with Crippen molar-refractivity contribution in [1.29, 1.82) is 0 Å². The van der Waals surface area contributed by atoms with E-state index in [4.69, 9.17) is 14.2 Å². The Balaban J connectivity index is 1.65. The second-order valence-corrected chi connectivity index (χ2v) is 11.5. The Bertz CT molecular complexity index is 1410. The van der Waals surface area contributed by atoms with Crippen LogP contribution in [0.4, 0.5) is 4.79 Å². The Morgan fingerprint density at radius 1 is 0.927 bits per heavy atom. The second kappa shape index (κ2) is 12.3. The summed E-state index contributed by atoms with van der Waals surface area (Å²) in [6.07, 6.45) is 1.44. The third-order valence-electron chi connectivity index (χ3n) is 7.34. The van der Waals surface area contributed by atoms with Gasteiger partial charge in [-0.15, -0.1) is 11.8 Å². The molecule has 8 nitrogen and oxygen atoms in total. The molecule has 1 aliphatic rings. The molecule has 216 valence electrons. The molecule has 0 aliphatic carbocycles. The van der Waals surface area contributed by atoms with Crippen LogP contribution in [0.3, 0.4) is 0 Å². The summed E-state index contributed by atoms with van der Waals surface area (Å²) in [7, 11) is 1.56. The van der Waals surface area contributed by atoms with Gasteiger partial charge in [0, 0.05) is 35.4 Å². The number of Topliss-reactive ketones (excluding diaryl/α,β-unsaturated/α-hetero) is 1. The minimum atomic E-state index is -1.41. The van der Waals surface area contributed by atoms with Gasteiger partial charge in [-0.1, -0.05) is 24.3 Å². The lowest BCUT2D eigenvalue weighted by Gasteiger charge is -2.26. The van der Waals surface area contributed by atoms with Crippen molar-refractivity contribution in [3.05, 3.63) is 82.9 Å². The number of carboxylic acid groups (broad SMARTS) is 1. The van der Waals surface area contributed by atoms with Crippen molar-refractivity contribution in [3.63, 3.8) is 0 Å². The number of amides is 1. The van der Waals surface area contributed by atoms with Gasteiger partial charge in [-0.25, -0.2) is 9.59 Å². The summed E-state index contributed by atoms with van der Waals surface area (Å²) >= 11 is 1.60. The highest BCUT2D eigenvalue weighted by atomic mass is 32.2. The molecule has 2 atom stereocenters. The van der Waals surface area contributed by atoms with E-state index in [-0.39, 0.29) is 24.8 Å². The molecule has 0 aromatic heterocycles. The normalized spacial score (nSPS) is 16.8. The van der Waals surface area contributed by atoms with E-state index in [1.807, 2.05) is 56.5 Å². The van der Waals surface area contributed by atoms with Crippen molar-refractivity contribution in [2.75, 3.05) is 26.5 Å². The number of aryl methyl sites for hydroxylation is 2. The summed E-state index contributed by atoms with van der Waals surface area (Å²) in [6.45, 7) is 7.20. The third-order valence-corrected chi connectivity index (χ3v) is 8.08. The molecule has 1 heterocycles. The maximum Gasteiger partial charge on any atom is 0.415 e. The van der Waals surface area contributed by atoms with E-state index in [1.54, 1.807) is 48.0 Å². The molecule has 1 saturated heterocycles. The van der Waals surface area contributed by atoms with E-state index in [9.17, 15) is 19.5 Å². The lowest BCUT2D eigenvalue weighted by atomic mass is 9.82. The first kappa shape index (κ1) is 30.0. The van der Waals surface area contributed by atoms with E-state index >= 15 is 0 Å². The minimum Gasteiger partial charge on any atom is -0.497 e. The second-order valence-electron chi connectivity index (χ2n) is 10.7. The zero-order valence-corrected chi connectivity index (χ0v) is 24.9. The van der Waals surface area contributed by atoms with Gasteiger partial charge >= 0.3 is 12.1 Å². The highest BCUT2D eigenvalue weighted by molar-refractivity contribution is 7.98. The van der Waals surface area contributed by atoms with Crippen LogP contribution in [0.5, 0.6) is 17.2 Å². The molecule has 0 saturated carbocycles. The van der Waals surface area contributed by atoms with Gasteiger partial charge in [0.1, 0.15) is 17.2 Å². The Hall–Kier alpha value is -3.98. The average Bonchev–Trinajstić information content (AvgIpc) is 3.41. The van der Waals surface area contributed by atoms with Gasteiger partial charge in [0.05, 0.1) is 7.11 Å². The van der Waals surface area contributed by atoms with Gasteiger partial charge in [-0.2, -0.15) is 0 Å². The molecule has 0 spiro atoms. The largest absolute Gasteiger partial charge is 0.497 e. The zero-order chi connectivity index (χ0) is 29.9. The van der Waals surface area contributed by atoms with Crippen LogP contribution in [0, 0.1) is 19.8 Å². The lowest BCUT2D eigenvalue weighted by molar-refractivity contribution is -0.152. The highest BCUT2D eigenvalue weighted by Gasteiger charge is 2.42. The molecule has 1 N–H and O–H groups in total. The summed E-state index contributed by atoms with van der Waals surface area (Å²) in [5, 5.41) is 9.54. The van der Waals surface area contributed by atoms with Crippen molar-refractivity contribution in [1.82, 2.24) is 4.90 Å². The summed E-state index contributed by atoms with van der Waals surface area (Å²) in [5.74, 6) is -0.404. The Kier molecular flexibility index (Phi) is 8.97. The Labute approximate surface area is 244 Å². The maximum absolute atomic E-state index is 13.8. The highest BCUT2D eigenvalue weighted by Crippen LogP contribution is 2.39. The SMILES string of the molecule is COc1ccc(OC(=O)N2CC(C(=O)c3ccc(SC)cc3)[C@@H](c3cc(C)c(OC(C)(C)C(=O)O)c(C)c3)C2)cc1. The number of ether oxygens (including phenoxy) is 3. The van der Waals surface area contributed by atoms with Crippen molar-refractivity contribution >= 4 is 29.6 Å². The van der Waals surface area contributed by atoms with Gasteiger partial charge in [0.2, 0.25) is 0 Å². The van der Waals surface area contributed by atoms with Crippen molar-refractivity contribution in [2.45, 2.75) is 44.1 Å². The molecular formula is C32H35NO7S. The van der Waals surface area contributed by atoms with Crippen LogP contribution >= 0.6 is 11.8 Å². The zero-order valence-electron chi connectivity index (χ0n) is 24.1. The fourth-order valence-corrected chi connectivity index (χ4v) is 5.40. The summed E-state index contributed by atoms with van der Waals surface area (Å²) < 4.78 is 16.7. The van der Waals surface area contributed by atoms with Crippen molar-refractivity contribution in [2.24, 2.45) is 5.92 Å². The number of hydrogen-bond donors (Lipinski definition) is 1.